The third kappa shape index (κ3) is 6.78. The molecule has 1 saturated heterocycles. The van der Waals surface area contributed by atoms with Crippen molar-refractivity contribution in [2.24, 2.45) is 5.92 Å². The third-order valence-electron chi connectivity index (χ3n) is 6.20. The zero-order chi connectivity index (χ0) is 25.3. The molecule has 5 rings (SSSR count). The number of benzene rings is 4. The zero-order valence-corrected chi connectivity index (χ0v) is 20.2. The number of ether oxygens (including phenoxy) is 1. The molecule has 1 fully saturated rings. The van der Waals surface area contributed by atoms with Gasteiger partial charge in [0, 0.05) is 13.1 Å². The minimum Gasteiger partial charge on any atom is -0.497 e. The molecule has 0 bridgehead atoms. The van der Waals surface area contributed by atoms with E-state index in [-0.39, 0.29) is 17.6 Å². The fourth-order valence-corrected chi connectivity index (χ4v) is 4.26. The Bertz CT molecular complexity index is 1240. The minimum atomic E-state index is -0.273. The monoisotopic (exact) mass is 482 g/mol. The highest BCUT2D eigenvalue weighted by molar-refractivity contribution is 5.75. The van der Waals surface area contributed by atoms with E-state index < -0.39 is 0 Å². The molecule has 0 spiro atoms. The van der Waals surface area contributed by atoms with Gasteiger partial charge in [-0.15, -0.1) is 0 Å². The SMILES string of the molecule is COc1cc(-c2ccc(F)cc2)cc(-c2ccc(F)cc2)c1.N#CC1CCN(Cc2ccccc2)C1. The number of nitrogens with zero attached hydrogens (tertiary/aromatic N) is 2. The predicted octanol–water partition coefficient (Wildman–Crippen LogP) is 7.34. The minimum absolute atomic E-state index is 0.249. The summed E-state index contributed by atoms with van der Waals surface area (Å²) in [4.78, 5) is 2.35. The maximum atomic E-state index is 13.1. The second-order valence-electron chi connectivity index (χ2n) is 8.80. The Labute approximate surface area is 211 Å². The average molecular weight is 483 g/mol. The van der Waals surface area contributed by atoms with Gasteiger partial charge >= 0.3 is 0 Å². The Balaban J connectivity index is 0.000000187. The number of halogens is 2. The molecule has 1 atom stereocenters. The van der Waals surface area contributed by atoms with Crippen molar-refractivity contribution in [2.45, 2.75) is 13.0 Å². The van der Waals surface area contributed by atoms with Gasteiger partial charge in [-0.1, -0.05) is 54.6 Å². The molecule has 0 radical (unpaired) electrons. The fraction of sp³-hybridized carbons (Fsp3) is 0.194. The summed E-state index contributed by atoms with van der Waals surface area (Å²) in [6.07, 6.45) is 1.03. The van der Waals surface area contributed by atoms with Crippen molar-refractivity contribution >= 4 is 0 Å². The van der Waals surface area contributed by atoms with E-state index in [4.69, 9.17) is 10.00 Å². The van der Waals surface area contributed by atoms with E-state index in [1.807, 2.05) is 24.3 Å². The molecule has 3 nitrogen and oxygen atoms in total. The van der Waals surface area contributed by atoms with Crippen LogP contribution in [0.5, 0.6) is 5.75 Å². The number of rotatable bonds is 5. The lowest BCUT2D eigenvalue weighted by atomic mass is 9.98. The summed E-state index contributed by atoms with van der Waals surface area (Å²) >= 11 is 0. The van der Waals surface area contributed by atoms with Crippen LogP contribution in [0, 0.1) is 28.9 Å². The molecule has 1 aliphatic heterocycles. The topological polar surface area (TPSA) is 36.3 Å². The number of hydrogen-bond acceptors (Lipinski definition) is 3. The van der Waals surface area contributed by atoms with Gasteiger partial charge in [0.15, 0.2) is 0 Å². The van der Waals surface area contributed by atoms with Crippen LogP contribution in [0.1, 0.15) is 12.0 Å². The highest BCUT2D eigenvalue weighted by atomic mass is 19.1. The smallest absolute Gasteiger partial charge is 0.123 e. The third-order valence-corrected chi connectivity index (χ3v) is 6.20. The first-order valence-electron chi connectivity index (χ1n) is 11.9. The average Bonchev–Trinajstić information content (AvgIpc) is 3.38. The second kappa shape index (κ2) is 12.1. The molecular weight excluding hydrogens is 454 g/mol. The van der Waals surface area contributed by atoms with Gasteiger partial charge in [0.2, 0.25) is 0 Å². The van der Waals surface area contributed by atoms with Gasteiger partial charge in [0.1, 0.15) is 17.4 Å². The molecule has 0 aromatic heterocycles. The van der Waals surface area contributed by atoms with E-state index in [9.17, 15) is 8.78 Å². The molecule has 182 valence electrons. The lowest BCUT2D eigenvalue weighted by Crippen LogP contribution is -2.19. The van der Waals surface area contributed by atoms with E-state index in [1.165, 1.54) is 29.8 Å². The number of hydrogen-bond donors (Lipinski definition) is 0. The molecule has 4 aromatic rings. The summed E-state index contributed by atoms with van der Waals surface area (Å²) in [5, 5.41) is 8.77. The summed E-state index contributed by atoms with van der Waals surface area (Å²) in [6, 6.07) is 31.1. The van der Waals surface area contributed by atoms with Crippen LogP contribution in [-0.4, -0.2) is 25.1 Å². The van der Waals surface area contributed by atoms with Gasteiger partial charge in [-0.25, -0.2) is 8.78 Å². The van der Waals surface area contributed by atoms with E-state index in [1.54, 1.807) is 31.4 Å². The number of methoxy groups -OCH3 is 1. The van der Waals surface area contributed by atoms with Crippen LogP contribution in [0.15, 0.2) is 97.1 Å². The van der Waals surface area contributed by atoms with Crippen LogP contribution in [0.4, 0.5) is 8.78 Å². The zero-order valence-electron chi connectivity index (χ0n) is 20.2. The molecule has 1 aliphatic rings. The van der Waals surface area contributed by atoms with Crippen LogP contribution >= 0.6 is 0 Å². The van der Waals surface area contributed by atoms with Crippen LogP contribution in [0.3, 0.4) is 0 Å². The van der Waals surface area contributed by atoms with Gasteiger partial charge in [-0.3, -0.25) is 4.90 Å². The molecule has 1 unspecified atom stereocenters. The molecule has 36 heavy (non-hydrogen) atoms. The van der Waals surface area contributed by atoms with Gasteiger partial charge in [0.05, 0.1) is 19.1 Å². The molecular formula is C31H28F2N2O. The predicted molar refractivity (Wildman–Crippen MR) is 139 cm³/mol. The van der Waals surface area contributed by atoms with Crippen molar-refractivity contribution < 1.29 is 13.5 Å². The summed E-state index contributed by atoms with van der Waals surface area (Å²) in [6.45, 7) is 2.98. The highest BCUT2D eigenvalue weighted by Gasteiger charge is 2.21. The van der Waals surface area contributed by atoms with Gasteiger partial charge in [-0.2, -0.15) is 5.26 Å². The molecule has 1 heterocycles. The van der Waals surface area contributed by atoms with Crippen molar-refractivity contribution in [3.05, 3.63) is 114 Å². The molecule has 0 amide bonds. The lowest BCUT2D eigenvalue weighted by molar-refractivity contribution is 0.325. The number of nitriles is 1. The van der Waals surface area contributed by atoms with E-state index in [2.05, 4.69) is 35.2 Å². The summed E-state index contributed by atoms with van der Waals surface area (Å²) in [7, 11) is 1.60. The normalized spacial score (nSPS) is 15.0. The van der Waals surface area contributed by atoms with Crippen LogP contribution in [-0.2, 0) is 6.54 Å². The molecule has 0 aliphatic carbocycles. The fourth-order valence-electron chi connectivity index (χ4n) is 4.26. The Morgan fingerprint density at radius 2 is 1.36 bits per heavy atom. The summed E-state index contributed by atoms with van der Waals surface area (Å²) in [5.41, 5.74) is 4.95. The lowest BCUT2D eigenvalue weighted by Gasteiger charge is -2.14. The van der Waals surface area contributed by atoms with Crippen molar-refractivity contribution in [3.63, 3.8) is 0 Å². The molecule has 4 aromatic carbocycles. The van der Waals surface area contributed by atoms with Gasteiger partial charge in [0.25, 0.3) is 0 Å². The highest BCUT2D eigenvalue weighted by Crippen LogP contribution is 2.31. The summed E-state index contributed by atoms with van der Waals surface area (Å²) in [5.74, 6) is 0.399. The largest absolute Gasteiger partial charge is 0.497 e. The van der Waals surface area contributed by atoms with Crippen LogP contribution in [0.2, 0.25) is 0 Å². The van der Waals surface area contributed by atoms with Crippen LogP contribution in [0.25, 0.3) is 22.3 Å². The first-order chi connectivity index (χ1) is 17.5. The quantitative estimate of drug-likeness (QED) is 0.299. The Hall–Kier alpha value is -4.01. The standard InChI is InChI=1S/C19H14F2O.C12H14N2/c1-22-19-11-15(13-2-6-17(20)7-3-13)10-16(12-19)14-4-8-18(21)9-5-14;13-8-12-6-7-14(10-12)9-11-4-2-1-3-5-11/h2-12H,1H3;1-5,12H,6-7,9-10H2. The maximum absolute atomic E-state index is 13.1. The van der Waals surface area contributed by atoms with E-state index in [0.717, 1.165) is 48.3 Å². The first-order valence-corrected chi connectivity index (χ1v) is 11.9. The second-order valence-corrected chi connectivity index (χ2v) is 8.80. The van der Waals surface area contributed by atoms with Crippen molar-refractivity contribution in [2.75, 3.05) is 20.2 Å². The molecule has 0 saturated carbocycles. The Morgan fingerprint density at radius 3 is 1.83 bits per heavy atom. The van der Waals surface area contributed by atoms with Gasteiger partial charge in [-0.05, 0) is 83.2 Å². The summed E-state index contributed by atoms with van der Waals surface area (Å²) < 4.78 is 31.5. The first kappa shape index (κ1) is 25.1. The van der Waals surface area contributed by atoms with Crippen molar-refractivity contribution in [3.8, 4) is 34.1 Å². The Kier molecular flexibility index (Phi) is 8.44. The van der Waals surface area contributed by atoms with Crippen LogP contribution < -0.4 is 4.74 Å². The van der Waals surface area contributed by atoms with E-state index >= 15 is 0 Å². The van der Waals surface area contributed by atoms with Crippen molar-refractivity contribution in [1.29, 1.82) is 5.26 Å². The number of likely N-dealkylation sites (tertiary alicyclic amines) is 1. The van der Waals surface area contributed by atoms with E-state index in [0.29, 0.717) is 5.75 Å². The molecule has 5 heteroatoms. The van der Waals surface area contributed by atoms with Crippen molar-refractivity contribution in [1.82, 2.24) is 4.90 Å². The Morgan fingerprint density at radius 1 is 0.806 bits per heavy atom. The molecule has 0 N–H and O–H groups in total. The maximum Gasteiger partial charge on any atom is 0.123 e. The van der Waals surface area contributed by atoms with Gasteiger partial charge < -0.3 is 4.74 Å².